The third-order valence-electron chi connectivity index (χ3n) is 4.09. The van der Waals surface area contributed by atoms with Crippen molar-refractivity contribution < 1.29 is 4.79 Å². The van der Waals surface area contributed by atoms with E-state index in [-0.39, 0.29) is 5.91 Å². The van der Waals surface area contributed by atoms with Crippen molar-refractivity contribution in [3.05, 3.63) is 59.7 Å². The number of nitrogens with one attached hydrogen (secondary N) is 2. The fourth-order valence-corrected chi connectivity index (χ4v) is 2.87. The number of aryl methyl sites for hydroxylation is 1. The lowest BCUT2D eigenvalue weighted by Crippen LogP contribution is -2.18. The van der Waals surface area contributed by atoms with Crippen LogP contribution < -0.4 is 10.6 Å². The molecule has 2 aromatic carbocycles. The van der Waals surface area contributed by atoms with Gasteiger partial charge in [-0.05, 0) is 54.4 Å². The number of nitrogens with zero attached hydrogens (tertiary/aromatic N) is 2. The van der Waals surface area contributed by atoms with Crippen molar-refractivity contribution in [2.24, 2.45) is 0 Å². The average molecular weight is 314 g/mol. The Labute approximate surface area is 138 Å². The molecule has 5 nitrogen and oxygen atoms in total. The van der Waals surface area contributed by atoms with Crippen LogP contribution in [0.4, 0.5) is 17.2 Å². The van der Waals surface area contributed by atoms with Gasteiger partial charge in [0.1, 0.15) is 5.82 Å². The number of fused-ring (bicyclic) bond motifs is 2. The molecule has 1 aliphatic heterocycles. The van der Waals surface area contributed by atoms with E-state index in [1.165, 1.54) is 0 Å². The summed E-state index contributed by atoms with van der Waals surface area (Å²) < 4.78 is 0. The van der Waals surface area contributed by atoms with Crippen molar-refractivity contribution in [3.63, 3.8) is 0 Å². The Kier molecular flexibility index (Phi) is 3.36. The Balaban J connectivity index is 1.64. The monoisotopic (exact) mass is 314 g/mol. The minimum Gasteiger partial charge on any atom is -0.340 e. The van der Waals surface area contributed by atoms with Gasteiger partial charge < -0.3 is 10.6 Å². The summed E-state index contributed by atoms with van der Waals surface area (Å²) in [7, 11) is 0. The molecule has 0 spiro atoms. The second kappa shape index (κ2) is 5.67. The highest BCUT2D eigenvalue weighted by atomic mass is 16.1. The summed E-state index contributed by atoms with van der Waals surface area (Å²) in [6.07, 6.45) is 1.26. The van der Waals surface area contributed by atoms with Gasteiger partial charge in [-0.2, -0.15) is 5.26 Å². The molecule has 0 radical (unpaired) electrons. The smallest absolute Gasteiger partial charge is 0.224 e. The molecule has 0 saturated heterocycles. The summed E-state index contributed by atoms with van der Waals surface area (Å²) in [6, 6.07) is 17.3. The Morgan fingerprint density at radius 1 is 1.08 bits per heavy atom. The third kappa shape index (κ3) is 2.66. The predicted octanol–water partition coefficient (Wildman–Crippen LogP) is 3.73. The molecule has 2 N–H and O–H groups in total. The number of pyridine rings is 1. The molecule has 5 heteroatoms. The van der Waals surface area contributed by atoms with Crippen molar-refractivity contribution in [1.82, 2.24) is 4.98 Å². The zero-order valence-corrected chi connectivity index (χ0v) is 12.8. The van der Waals surface area contributed by atoms with Gasteiger partial charge in [-0.15, -0.1) is 0 Å². The van der Waals surface area contributed by atoms with Gasteiger partial charge in [0.2, 0.25) is 5.91 Å². The number of nitriles is 1. The summed E-state index contributed by atoms with van der Waals surface area (Å²) in [5, 5.41) is 16.2. The largest absolute Gasteiger partial charge is 0.340 e. The van der Waals surface area contributed by atoms with E-state index in [1.807, 2.05) is 36.4 Å². The summed E-state index contributed by atoms with van der Waals surface area (Å²) >= 11 is 0. The van der Waals surface area contributed by atoms with Crippen LogP contribution in [0.1, 0.15) is 17.5 Å². The topological polar surface area (TPSA) is 77.8 Å². The van der Waals surface area contributed by atoms with Crippen LogP contribution in [0.15, 0.2) is 48.5 Å². The highest BCUT2D eigenvalue weighted by molar-refractivity contribution is 5.94. The third-order valence-corrected chi connectivity index (χ3v) is 4.09. The second-order valence-electron chi connectivity index (χ2n) is 5.76. The number of aromatic nitrogens is 1. The first-order chi connectivity index (χ1) is 11.7. The first-order valence-electron chi connectivity index (χ1n) is 7.72. The van der Waals surface area contributed by atoms with Crippen LogP contribution in [-0.2, 0) is 11.2 Å². The van der Waals surface area contributed by atoms with E-state index in [2.05, 4.69) is 21.7 Å². The normalized spacial score (nSPS) is 13.0. The molecule has 0 atom stereocenters. The molecule has 1 aliphatic rings. The maximum Gasteiger partial charge on any atom is 0.224 e. The van der Waals surface area contributed by atoms with Crippen molar-refractivity contribution in [2.45, 2.75) is 12.8 Å². The average Bonchev–Trinajstić information content (AvgIpc) is 2.61. The van der Waals surface area contributed by atoms with E-state index in [1.54, 1.807) is 12.1 Å². The molecule has 116 valence electrons. The van der Waals surface area contributed by atoms with Gasteiger partial charge in [0.15, 0.2) is 0 Å². The molecule has 1 amide bonds. The maximum absolute atomic E-state index is 11.4. The van der Waals surface area contributed by atoms with Crippen LogP contribution in [0.2, 0.25) is 0 Å². The van der Waals surface area contributed by atoms with Crippen LogP contribution in [0, 0.1) is 11.3 Å². The quantitative estimate of drug-likeness (QED) is 0.755. The fourth-order valence-electron chi connectivity index (χ4n) is 2.87. The van der Waals surface area contributed by atoms with E-state index >= 15 is 0 Å². The van der Waals surface area contributed by atoms with Crippen LogP contribution in [-0.4, -0.2) is 10.9 Å². The van der Waals surface area contributed by atoms with Crippen LogP contribution in [0.3, 0.4) is 0 Å². The van der Waals surface area contributed by atoms with Crippen molar-refractivity contribution in [3.8, 4) is 6.07 Å². The molecule has 2 heterocycles. The molecule has 1 aromatic heterocycles. The van der Waals surface area contributed by atoms with Gasteiger partial charge in [-0.25, -0.2) is 4.98 Å². The van der Waals surface area contributed by atoms with E-state index < -0.39 is 0 Å². The molecule has 0 saturated carbocycles. The molecule has 0 fully saturated rings. The first-order valence-corrected chi connectivity index (χ1v) is 7.72. The van der Waals surface area contributed by atoms with Crippen molar-refractivity contribution >= 4 is 34.0 Å². The highest BCUT2D eigenvalue weighted by Crippen LogP contribution is 2.27. The van der Waals surface area contributed by atoms with Crippen molar-refractivity contribution in [1.29, 1.82) is 5.26 Å². The molecule has 0 unspecified atom stereocenters. The standard InChI is InChI=1S/C19H14N4O/c20-11-12-1-2-13-3-7-18(22-17(13)9-12)21-15-5-6-16-14(10-15)4-8-19(24)23-16/h1-3,5-7,9-10H,4,8H2,(H,21,22)(H,23,24). The minimum atomic E-state index is 0.0627. The number of carbonyl (C=O) groups is 1. The number of anilines is 3. The van der Waals surface area contributed by atoms with Gasteiger partial charge in [-0.3, -0.25) is 4.79 Å². The van der Waals surface area contributed by atoms with Gasteiger partial charge in [0.05, 0.1) is 17.1 Å². The number of amides is 1. The van der Waals surface area contributed by atoms with E-state index in [9.17, 15) is 4.79 Å². The molecule has 0 bridgehead atoms. The van der Waals surface area contributed by atoms with E-state index in [4.69, 9.17) is 5.26 Å². The fraction of sp³-hybridized carbons (Fsp3) is 0.105. The molecule has 3 aromatic rings. The first kappa shape index (κ1) is 14.2. The predicted molar refractivity (Wildman–Crippen MR) is 93.1 cm³/mol. The zero-order chi connectivity index (χ0) is 16.5. The number of carbonyl (C=O) groups excluding carboxylic acids is 1. The SMILES string of the molecule is N#Cc1ccc2ccc(Nc3ccc4c(c3)CCC(=O)N4)nc2c1. The lowest BCUT2D eigenvalue weighted by atomic mass is 10.0. The minimum absolute atomic E-state index is 0.0627. The summed E-state index contributed by atoms with van der Waals surface area (Å²) in [5.41, 5.74) is 4.29. The Morgan fingerprint density at radius 3 is 2.83 bits per heavy atom. The second-order valence-corrected chi connectivity index (χ2v) is 5.76. The number of rotatable bonds is 2. The number of hydrogen-bond acceptors (Lipinski definition) is 4. The molecule has 4 rings (SSSR count). The molecular weight excluding hydrogens is 300 g/mol. The maximum atomic E-state index is 11.4. The Morgan fingerprint density at radius 2 is 1.96 bits per heavy atom. The van der Waals surface area contributed by atoms with Gasteiger partial charge in [0.25, 0.3) is 0 Å². The van der Waals surface area contributed by atoms with Crippen LogP contribution in [0.5, 0.6) is 0 Å². The van der Waals surface area contributed by atoms with Crippen molar-refractivity contribution in [2.75, 3.05) is 10.6 Å². The Hall–Kier alpha value is -3.39. The summed E-state index contributed by atoms with van der Waals surface area (Å²) in [4.78, 5) is 16.0. The molecular formula is C19H14N4O. The summed E-state index contributed by atoms with van der Waals surface area (Å²) in [6.45, 7) is 0. The highest BCUT2D eigenvalue weighted by Gasteiger charge is 2.14. The number of benzene rings is 2. The Bertz CT molecular complexity index is 1000. The summed E-state index contributed by atoms with van der Waals surface area (Å²) in [5.74, 6) is 0.782. The van der Waals surface area contributed by atoms with Crippen LogP contribution in [0.25, 0.3) is 10.9 Å². The van der Waals surface area contributed by atoms with Gasteiger partial charge >= 0.3 is 0 Å². The van der Waals surface area contributed by atoms with E-state index in [0.29, 0.717) is 12.0 Å². The number of hydrogen-bond donors (Lipinski definition) is 2. The zero-order valence-electron chi connectivity index (χ0n) is 12.8. The molecule has 0 aliphatic carbocycles. The van der Waals surface area contributed by atoms with Gasteiger partial charge in [0, 0.05) is 23.2 Å². The lowest BCUT2D eigenvalue weighted by molar-refractivity contribution is -0.116. The van der Waals surface area contributed by atoms with E-state index in [0.717, 1.165) is 40.1 Å². The molecule has 24 heavy (non-hydrogen) atoms. The van der Waals surface area contributed by atoms with Gasteiger partial charge in [-0.1, -0.05) is 6.07 Å². The van der Waals surface area contributed by atoms with Crippen LogP contribution >= 0.6 is 0 Å². The lowest BCUT2D eigenvalue weighted by Gasteiger charge is -2.18.